The van der Waals surface area contributed by atoms with Crippen molar-refractivity contribution < 1.29 is 4.92 Å². The molecule has 0 amide bonds. The number of nitro groups is 1. The minimum absolute atomic E-state index is 0.0345. The topological polar surface area (TPSA) is 73.0 Å². The maximum absolute atomic E-state index is 11.2. The monoisotopic (exact) mass is 286 g/mol. The van der Waals surface area contributed by atoms with Gasteiger partial charge in [0, 0.05) is 24.8 Å². The Hall–Kier alpha value is -1.24. The Kier molecular flexibility index (Phi) is 5.65. The summed E-state index contributed by atoms with van der Waals surface area (Å²) in [6.07, 6.45) is 3.02. The smallest absolute Gasteiger partial charge is 0.334 e. The van der Waals surface area contributed by atoms with Crippen molar-refractivity contribution in [3.63, 3.8) is 0 Å². The molecule has 108 valence electrons. The third-order valence-corrected chi connectivity index (χ3v) is 4.06. The molecule has 1 rings (SSSR count). The number of nitrogens with one attached hydrogen (secondary N) is 1. The highest BCUT2D eigenvalue weighted by atomic mass is 32.2. The van der Waals surface area contributed by atoms with Crippen molar-refractivity contribution in [1.29, 1.82) is 0 Å². The van der Waals surface area contributed by atoms with Crippen LogP contribution in [-0.2, 0) is 7.05 Å². The van der Waals surface area contributed by atoms with Gasteiger partial charge in [0.2, 0.25) is 5.82 Å². The van der Waals surface area contributed by atoms with Crippen molar-refractivity contribution in [3.8, 4) is 0 Å². The molecule has 1 N–H and O–H groups in total. The fourth-order valence-electron chi connectivity index (χ4n) is 1.81. The molecule has 6 nitrogen and oxygen atoms in total. The first-order valence-corrected chi connectivity index (χ1v) is 7.65. The number of aromatic nitrogens is 2. The first-order chi connectivity index (χ1) is 8.88. The van der Waals surface area contributed by atoms with E-state index in [1.165, 1.54) is 0 Å². The van der Waals surface area contributed by atoms with Crippen molar-refractivity contribution >= 4 is 23.3 Å². The van der Waals surface area contributed by atoms with E-state index in [9.17, 15) is 10.1 Å². The largest absolute Gasteiger partial charge is 0.364 e. The summed E-state index contributed by atoms with van der Waals surface area (Å²) in [6.45, 7) is 6.67. The Labute approximate surface area is 118 Å². The van der Waals surface area contributed by atoms with Crippen LogP contribution in [0.25, 0.3) is 0 Å². The molecule has 19 heavy (non-hydrogen) atoms. The van der Waals surface area contributed by atoms with E-state index < -0.39 is 0 Å². The molecule has 0 aromatic carbocycles. The molecule has 0 bridgehead atoms. The summed E-state index contributed by atoms with van der Waals surface area (Å²) in [7, 11) is 1.74. The van der Waals surface area contributed by atoms with Gasteiger partial charge in [-0.3, -0.25) is 10.1 Å². The Bertz CT molecular complexity index is 445. The van der Waals surface area contributed by atoms with E-state index in [2.05, 4.69) is 23.6 Å². The van der Waals surface area contributed by atoms with Crippen LogP contribution in [0.3, 0.4) is 0 Å². The van der Waals surface area contributed by atoms with Crippen molar-refractivity contribution in [2.45, 2.75) is 38.4 Å². The van der Waals surface area contributed by atoms with E-state index in [-0.39, 0.29) is 16.5 Å². The minimum Gasteiger partial charge on any atom is -0.364 e. The van der Waals surface area contributed by atoms with Crippen LogP contribution in [0.15, 0.2) is 0 Å². The number of nitrogens with zero attached hydrogens (tertiary/aromatic N) is 3. The lowest BCUT2D eigenvalue weighted by molar-refractivity contribution is -0.384. The van der Waals surface area contributed by atoms with E-state index in [4.69, 9.17) is 0 Å². The Balaban J connectivity index is 2.90. The number of thioether (sulfide) groups is 1. The zero-order valence-electron chi connectivity index (χ0n) is 12.1. The van der Waals surface area contributed by atoms with Crippen molar-refractivity contribution in [1.82, 2.24) is 9.78 Å². The number of anilines is 1. The Morgan fingerprint density at radius 3 is 2.58 bits per heavy atom. The van der Waals surface area contributed by atoms with E-state index >= 15 is 0 Å². The molecule has 0 fully saturated rings. The quantitative estimate of drug-likeness (QED) is 0.616. The second-order valence-corrected chi connectivity index (χ2v) is 6.16. The lowest BCUT2D eigenvalue weighted by atomic mass is 10.1. The fraction of sp³-hybridized carbons (Fsp3) is 0.750. The molecule has 0 radical (unpaired) electrons. The van der Waals surface area contributed by atoms with E-state index in [1.807, 2.05) is 13.8 Å². The summed E-state index contributed by atoms with van der Waals surface area (Å²) in [4.78, 5) is 10.9. The van der Waals surface area contributed by atoms with Crippen LogP contribution in [0.1, 0.15) is 38.8 Å². The van der Waals surface area contributed by atoms with Crippen LogP contribution in [0.2, 0.25) is 0 Å². The van der Waals surface area contributed by atoms with Gasteiger partial charge in [0.1, 0.15) is 5.69 Å². The molecule has 0 saturated carbocycles. The fourth-order valence-corrected chi connectivity index (χ4v) is 2.17. The van der Waals surface area contributed by atoms with Crippen molar-refractivity contribution in [2.24, 2.45) is 7.05 Å². The first-order valence-electron chi connectivity index (χ1n) is 6.36. The third kappa shape index (κ3) is 3.86. The van der Waals surface area contributed by atoms with Crippen LogP contribution >= 0.6 is 11.8 Å². The van der Waals surface area contributed by atoms with Gasteiger partial charge in [-0.2, -0.15) is 16.9 Å². The Morgan fingerprint density at radius 2 is 2.11 bits per heavy atom. The average Bonchev–Trinajstić information content (AvgIpc) is 2.67. The van der Waals surface area contributed by atoms with Gasteiger partial charge >= 0.3 is 5.69 Å². The van der Waals surface area contributed by atoms with Crippen molar-refractivity contribution in [2.75, 3.05) is 18.1 Å². The third-order valence-electron chi connectivity index (χ3n) is 3.02. The highest BCUT2D eigenvalue weighted by Crippen LogP contribution is 2.32. The minimum atomic E-state index is -0.345. The summed E-state index contributed by atoms with van der Waals surface area (Å²) in [5.41, 5.74) is 0.641. The van der Waals surface area contributed by atoms with Gasteiger partial charge < -0.3 is 5.32 Å². The summed E-state index contributed by atoms with van der Waals surface area (Å²) >= 11 is 1.79. The molecule has 0 aliphatic heterocycles. The summed E-state index contributed by atoms with van der Waals surface area (Å²) < 4.78 is 1.57. The zero-order valence-corrected chi connectivity index (χ0v) is 13.0. The molecule has 7 heteroatoms. The number of hydrogen-bond acceptors (Lipinski definition) is 5. The van der Waals surface area contributed by atoms with Gasteiger partial charge in [-0.05, 0) is 12.7 Å². The molecule has 1 aromatic rings. The standard InChI is InChI=1S/C12H22N4O2S/c1-8(2)10-11(16(17)18)12(15(4)14-10)13-7-6-9(3)19-5/h8-9,13H,6-7H2,1-5H3. The molecular formula is C12H22N4O2S. The molecule has 1 atom stereocenters. The lowest BCUT2D eigenvalue weighted by Crippen LogP contribution is -2.11. The van der Waals surface area contributed by atoms with Gasteiger partial charge in [-0.1, -0.05) is 20.8 Å². The van der Waals surface area contributed by atoms with Crippen LogP contribution in [0.4, 0.5) is 11.5 Å². The predicted molar refractivity (Wildman–Crippen MR) is 80.0 cm³/mol. The summed E-state index contributed by atoms with van der Waals surface area (Å²) in [5.74, 6) is 0.536. The molecular weight excluding hydrogens is 264 g/mol. The second-order valence-electron chi connectivity index (χ2n) is 4.88. The molecule has 1 unspecified atom stereocenters. The van der Waals surface area contributed by atoms with E-state index in [0.29, 0.717) is 23.3 Å². The SMILES string of the molecule is CSC(C)CCNc1c([N+](=O)[O-])c(C(C)C)nn1C. The maximum atomic E-state index is 11.2. The average molecular weight is 286 g/mol. The van der Waals surface area contributed by atoms with Crippen LogP contribution in [0, 0.1) is 10.1 Å². The van der Waals surface area contributed by atoms with E-state index in [1.54, 1.807) is 23.5 Å². The first kappa shape index (κ1) is 15.8. The van der Waals surface area contributed by atoms with Gasteiger partial charge in [0.25, 0.3) is 0 Å². The summed E-state index contributed by atoms with van der Waals surface area (Å²) in [6, 6.07) is 0. The normalized spacial score (nSPS) is 12.7. The van der Waals surface area contributed by atoms with Crippen LogP contribution in [-0.4, -0.2) is 32.8 Å². The predicted octanol–water partition coefficient (Wildman–Crippen LogP) is 3.01. The highest BCUT2D eigenvalue weighted by Gasteiger charge is 2.28. The van der Waals surface area contributed by atoms with Crippen molar-refractivity contribution in [3.05, 3.63) is 15.8 Å². The zero-order chi connectivity index (χ0) is 14.6. The highest BCUT2D eigenvalue weighted by molar-refractivity contribution is 7.99. The summed E-state index contributed by atoms with van der Waals surface area (Å²) in [5, 5.41) is 19.2. The van der Waals surface area contributed by atoms with Gasteiger partial charge in [-0.25, -0.2) is 4.68 Å². The Morgan fingerprint density at radius 1 is 1.47 bits per heavy atom. The lowest BCUT2D eigenvalue weighted by Gasteiger charge is -2.09. The maximum Gasteiger partial charge on any atom is 0.334 e. The number of aryl methyl sites for hydroxylation is 1. The van der Waals surface area contributed by atoms with Crippen LogP contribution in [0.5, 0.6) is 0 Å². The van der Waals surface area contributed by atoms with Gasteiger partial charge in [0.05, 0.1) is 4.92 Å². The molecule has 1 aromatic heterocycles. The molecule has 0 aliphatic carbocycles. The number of rotatable bonds is 7. The second kappa shape index (κ2) is 6.79. The molecule has 0 saturated heterocycles. The number of hydrogen-bond donors (Lipinski definition) is 1. The van der Waals surface area contributed by atoms with Crippen LogP contribution < -0.4 is 5.32 Å². The molecule has 0 aliphatic rings. The van der Waals surface area contributed by atoms with E-state index in [0.717, 1.165) is 6.42 Å². The van der Waals surface area contributed by atoms with Gasteiger partial charge in [0.15, 0.2) is 0 Å². The molecule has 0 spiro atoms. The van der Waals surface area contributed by atoms with Gasteiger partial charge in [-0.15, -0.1) is 0 Å². The molecule has 1 heterocycles.